The van der Waals surface area contributed by atoms with Gasteiger partial charge >= 0.3 is 5.97 Å². The van der Waals surface area contributed by atoms with E-state index in [1.165, 1.54) is 6.07 Å². The Morgan fingerprint density at radius 1 is 1.38 bits per heavy atom. The highest BCUT2D eigenvalue weighted by Crippen LogP contribution is 2.32. The van der Waals surface area contributed by atoms with Gasteiger partial charge in [-0.2, -0.15) is 0 Å². The Hall–Kier alpha value is -2.30. The van der Waals surface area contributed by atoms with E-state index in [9.17, 15) is 9.90 Å². The van der Waals surface area contributed by atoms with Crippen molar-refractivity contribution in [3.8, 4) is 17.1 Å². The van der Waals surface area contributed by atoms with Crippen LogP contribution < -0.4 is 0 Å². The van der Waals surface area contributed by atoms with E-state index in [-0.39, 0.29) is 17.2 Å². The number of aromatic hydroxyl groups is 1. The monoisotopic (exact) mass is 219 g/mol. The molecule has 1 aromatic carbocycles. The van der Waals surface area contributed by atoms with Crippen LogP contribution in [0.15, 0.2) is 28.8 Å². The number of phenolic OH excluding ortho intramolecular Hbond substituents is 1. The van der Waals surface area contributed by atoms with Gasteiger partial charge in [-0.1, -0.05) is 17.3 Å². The van der Waals surface area contributed by atoms with Crippen molar-refractivity contribution >= 4 is 5.97 Å². The Bertz CT molecular complexity index is 545. The molecule has 0 radical (unpaired) electrons. The lowest BCUT2D eigenvalue weighted by Gasteiger charge is -2.00. The van der Waals surface area contributed by atoms with Gasteiger partial charge in [0.05, 0.1) is 5.56 Å². The maximum atomic E-state index is 10.8. The van der Waals surface area contributed by atoms with Gasteiger partial charge in [-0.05, 0) is 19.1 Å². The number of aromatic nitrogens is 1. The van der Waals surface area contributed by atoms with Crippen molar-refractivity contribution in [3.05, 3.63) is 35.5 Å². The zero-order valence-electron chi connectivity index (χ0n) is 8.47. The van der Waals surface area contributed by atoms with Crippen LogP contribution in [-0.2, 0) is 0 Å². The van der Waals surface area contributed by atoms with Crippen LogP contribution in [0.2, 0.25) is 0 Å². The highest BCUT2D eigenvalue weighted by molar-refractivity contribution is 5.89. The Morgan fingerprint density at radius 2 is 2.06 bits per heavy atom. The van der Waals surface area contributed by atoms with Crippen LogP contribution in [0.5, 0.6) is 5.75 Å². The number of rotatable bonds is 2. The summed E-state index contributed by atoms with van der Waals surface area (Å²) in [7, 11) is 0. The largest absolute Gasteiger partial charge is 0.507 e. The fourth-order valence-electron chi connectivity index (χ4n) is 1.45. The van der Waals surface area contributed by atoms with Crippen LogP contribution in [0.1, 0.15) is 16.1 Å². The van der Waals surface area contributed by atoms with E-state index in [4.69, 9.17) is 9.63 Å². The van der Waals surface area contributed by atoms with Crippen LogP contribution in [0.3, 0.4) is 0 Å². The third-order valence-electron chi connectivity index (χ3n) is 2.28. The Morgan fingerprint density at radius 3 is 2.62 bits per heavy atom. The SMILES string of the molecule is Cc1c(C(=O)O)noc1-c1ccccc1O. The molecule has 0 saturated carbocycles. The number of carboxylic acid groups (broad SMARTS) is 1. The molecule has 2 rings (SSSR count). The number of aromatic carboxylic acids is 1. The molecule has 0 spiro atoms. The van der Waals surface area contributed by atoms with E-state index >= 15 is 0 Å². The normalized spacial score (nSPS) is 10.3. The van der Waals surface area contributed by atoms with Gasteiger partial charge in [-0.15, -0.1) is 0 Å². The first-order valence-corrected chi connectivity index (χ1v) is 4.59. The fraction of sp³-hybridized carbons (Fsp3) is 0.0909. The average molecular weight is 219 g/mol. The van der Waals surface area contributed by atoms with Gasteiger partial charge in [0.25, 0.3) is 0 Å². The number of benzene rings is 1. The van der Waals surface area contributed by atoms with E-state index in [2.05, 4.69) is 5.16 Å². The lowest BCUT2D eigenvalue weighted by molar-refractivity contribution is 0.0685. The molecular formula is C11H9NO4. The van der Waals surface area contributed by atoms with Gasteiger partial charge in [-0.3, -0.25) is 0 Å². The molecule has 0 atom stereocenters. The minimum absolute atomic E-state index is 0.0266. The van der Waals surface area contributed by atoms with Gasteiger partial charge < -0.3 is 14.7 Å². The maximum absolute atomic E-state index is 10.8. The molecule has 2 N–H and O–H groups in total. The number of carboxylic acids is 1. The Kier molecular flexibility index (Phi) is 2.36. The first kappa shape index (κ1) is 10.2. The molecule has 1 aromatic heterocycles. The van der Waals surface area contributed by atoms with Crippen LogP contribution in [0.4, 0.5) is 0 Å². The number of carbonyl (C=O) groups is 1. The number of hydrogen-bond donors (Lipinski definition) is 2. The molecule has 0 bridgehead atoms. The lowest BCUT2D eigenvalue weighted by Crippen LogP contribution is -1.98. The third kappa shape index (κ3) is 1.52. The minimum Gasteiger partial charge on any atom is -0.507 e. The molecule has 82 valence electrons. The lowest BCUT2D eigenvalue weighted by atomic mass is 10.1. The molecule has 2 aromatic rings. The first-order chi connectivity index (χ1) is 7.61. The molecule has 5 nitrogen and oxygen atoms in total. The van der Waals surface area contributed by atoms with E-state index in [0.717, 1.165) is 0 Å². The summed E-state index contributed by atoms with van der Waals surface area (Å²) in [6.07, 6.45) is 0. The van der Waals surface area contributed by atoms with Gasteiger partial charge in [0.2, 0.25) is 0 Å². The van der Waals surface area contributed by atoms with E-state index in [1.54, 1.807) is 25.1 Å². The second-order valence-electron chi connectivity index (χ2n) is 3.31. The van der Waals surface area contributed by atoms with Crippen LogP contribution in [-0.4, -0.2) is 21.3 Å². The van der Waals surface area contributed by atoms with Crippen molar-refractivity contribution in [1.29, 1.82) is 0 Å². The fourth-order valence-corrected chi connectivity index (χ4v) is 1.45. The maximum Gasteiger partial charge on any atom is 0.358 e. The number of hydrogen-bond acceptors (Lipinski definition) is 4. The first-order valence-electron chi connectivity index (χ1n) is 4.59. The Balaban J connectivity index is 2.58. The predicted octanol–water partition coefficient (Wildman–Crippen LogP) is 2.05. The molecule has 0 aliphatic heterocycles. The number of nitrogens with zero attached hydrogens (tertiary/aromatic N) is 1. The van der Waals surface area contributed by atoms with Gasteiger partial charge in [0.15, 0.2) is 11.5 Å². The summed E-state index contributed by atoms with van der Waals surface area (Å²) in [5, 5.41) is 21.9. The summed E-state index contributed by atoms with van der Waals surface area (Å²) in [6.45, 7) is 1.59. The smallest absolute Gasteiger partial charge is 0.358 e. The summed E-state index contributed by atoms with van der Waals surface area (Å²) in [5.41, 5.74) is 0.687. The average Bonchev–Trinajstić information content (AvgIpc) is 2.61. The molecule has 0 aliphatic carbocycles. The number of phenols is 1. The van der Waals surface area contributed by atoms with Gasteiger partial charge in [0.1, 0.15) is 5.75 Å². The Labute approximate surface area is 90.9 Å². The second kappa shape index (κ2) is 3.69. The zero-order chi connectivity index (χ0) is 11.7. The highest BCUT2D eigenvalue weighted by atomic mass is 16.5. The van der Waals surface area contributed by atoms with Crippen molar-refractivity contribution < 1.29 is 19.5 Å². The van der Waals surface area contributed by atoms with Crippen LogP contribution in [0, 0.1) is 6.92 Å². The topological polar surface area (TPSA) is 83.6 Å². The summed E-state index contributed by atoms with van der Waals surface area (Å²) < 4.78 is 4.93. The van der Waals surface area contributed by atoms with Crippen molar-refractivity contribution in [3.63, 3.8) is 0 Å². The summed E-state index contributed by atoms with van der Waals surface area (Å²) in [4.78, 5) is 10.8. The zero-order valence-corrected chi connectivity index (χ0v) is 8.47. The molecule has 0 fully saturated rings. The van der Waals surface area contributed by atoms with Crippen LogP contribution in [0.25, 0.3) is 11.3 Å². The molecular weight excluding hydrogens is 210 g/mol. The summed E-state index contributed by atoms with van der Waals surface area (Å²) >= 11 is 0. The predicted molar refractivity (Wildman–Crippen MR) is 55.3 cm³/mol. The van der Waals surface area contributed by atoms with Gasteiger partial charge in [-0.25, -0.2) is 4.79 Å². The summed E-state index contributed by atoms with van der Waals surface area (Å²) in [5.74, 6) is -0.850. The third-order valence-corrected chi connectivity index (χ3v) is 2.28. The van der Waals surface area contributed by atoms with E-state index in [0.29, 0.717) is 11.1 Å². The molecule has 0 unspecified atom stereocenters. The molecule has 1 heterocycles. The molecule has 0 aliphatic rings. The van der Waals surface area contributed by atoms with Crippen molar-refractivity contribution in [2.24, 2.45) is 0 Å². The van der Waals surface area contributed by atoms with Crippen molar-refractivity contribution in [1.82, 2.24) is 5.16 Å². The minimum atomic E-state index is -1.15. The molecule has 0 saturated heterocycles. The quantitative estimate of drug-likeness (QED) is 0.807. The van der Waals surface area contributed by atoms with E-state index in [1.807, 2.05) is 0 Å². The van der Waals surface area contributed by atoms with Gasteiger partial charge in [0, 0.05) is 5.56 Å². The molecule has 16 heavy (non-hydrogen) atoms. The van der Waals surface area contributed by atoms with Crippen molar-refractivity contribution in [2.45, 2.75) is 6.92 Å². The second-order valence-corrected chi connectivity index (χ2v) is 3.31. The molecule has 5 heteroatoms. The highest BCUT2D eigenvalue weighted by Gasteiger charge is 2.20. The van der Waals surface area contributed by atoms with E-state index < -0.39 is 5.97 Å². The summed E-state index contributed by atoms with van der Waals surface area (Å²) in [6, 6.07) is 6.52. The molecule has 0 amide bonds. The standard InChI is InChI=1S/C11H9NO4/c1-6-9(11(14)15)12-16-10(6)7-4-2-3-5-8(7)13/h2-5,13H,1H3,(H,14,15). The van der Waals surface area contributed by atoms with Crippen molar-refractivity contribution in [2.75, 3.05) is 0 Å². The van der Waals surface area contributed by atoms with Crippen LogP contribution >= 0.6 is 0 Å². The number of para-hydroxylation sites is 1.